The zero-order valence-electron chi connectivity index (χ0n) is 16.8. The zero-order valence-corrected chi connectivity index (χ0v) is 16.8. The third kappa shape index (κ3) is 6.52. The van der Waals surface area contributed by atoms with Gasteiger partial charge in [-0.2, -0.15) is 0 Å². The highest BCUT2D eigenvalue weighted by Crippen LogP contribution is 2.23. The first-order valence-electron chi connectivity index (χ1n) is 10.1. The average Bonchev–Trinajstić information content (AvgIpc) is 2.71. The molecule has 27 heavy (non-hydrogen) atoms. The van der Waals surface area contributed by atoms with E-state index in [1.165, 1.54) is 12.4 Å². The normalized spacial score (nSPS) is 20.9. The highest BCUT2D eigenvalue weighted by atomic mass is 16.5. The first-order chi connectivity index (χ1) is 13.1. The van der Waals surface area contributed by atoms with Crippen molar-refractivity contribution in [2.75, 3.05) is 53.1 Å². The standard InChI is InChI=1S/C20H35N5O2/c1-3-27-16-23(2)19-7-12-25(13-8-19)20(26)18-5-10-24(11-6-18)15-17(14-22)4-9-21/h4,9,14,18-19,21-22H,3,5-8,10-13,15-16H2,1-2H3/b17-4+,21-9?,22-14?. The van der Waals surface area contributed by atoms with E-state index in [1.807, 2.05) is 6.92 Å². The van der Waals surface area contributed by atoms with E-state index in [1.54, 1.807) is 6.08 Å². The molecule has 2 N–H and O–H groups in total. The van der Waals surface area contributed by atoms with Gasteiger partial charge >= 0.3 is 0 Å². The van der Waals surface area contributed by atoms with Gasteiger partial charge in [0.15, 0.2) is 0 Å². The van der Waals surface area contributed by atoms with Gasteiger partial charge in [-0.15, -0.1) is 0 Å². The molecule has 0 bridgehead atoms. The van der Waals surface area contributed by atoms with Crippen molar-refractivity contribution in [3.63, 3.8) is 0 Å². The monoisotopic (exact) mass is 377 g/mol. The van der Waals surface area contributed by atoms with Gasteiger partial charge in [0.2, 0.25) is 5.91 Å². The van der Waals surface area contributed by atoms with Crippen LogP contribution in [0, 0.1) is 16.7 Å². The molecule has 0 unspecified atom stereocenters. The largest absolute Gasteiger partial charge is 0.366 e. The predicted molar refractivity (Wildman–Crippen MR) is 109 cm³/mol. The van der Waals surface area contributed by atoms with Crippen LogP contribution in [0.5, 0.6) is 0 Å². The zero-order chi connectivity index (χ0) is 19.6. The summed E-state index contributed by atoms with van der Waals surface area (Å²) >= 11 is 0. The predicted octanol–water partition coefficient (Wildman–Crippen LogP) is 1.84. The molecule has 2 fully saturated rings. The molecule has 2 aliphatic heterocycles. The highest BCUT2D eigenvalue weighted by molar-refractivity contribution is 5.84. The van der Waals surface area contributed by atoms with Gasteiger partial charge < -0.3 is 20.5 Å². The molecule has 0 spiro atoms. The van der Waals surface area contributed by atoms with Crippen molar-refractivity contribution < 1.29 is 9.53 Å². The second kappa shape index (κ2) is 11.3. The van der Waals surface area contributed by atoms with Gasteiger partial charge in [-0.05, 0) is 64.4 Å². The van der Waals surface area contributed by atoms with Crippen molar-refractivity contribution in [3.8, 4) is 0 Å². The maximum atomic E-state index is 12.9. The number of ether oxygens (including phenoxy) is 1. The summed E-state index contributed by atoms with van der Waals surface area (Å²) in [6.45, 7) is 7.56. The second-order valence-electron chi connectivity index (χ2n) is 7.54. The fraction of sp³-hybridized carbons (Fsp3) is 0.750. The Kier molecular flexibility index (Phi) is 9.10. The van der Waals surface area contributed by atoms with E-state index in [0.717, 1.165) is 64.0 Å². The van der Waals surface area contributed by atoms with Crippen LogP contribution in [-0.2, 0) is 9.53 Å². The van der Waals surface area contributed by atoms with Crippen LogP contribution in [0.4, 0.5) is 0 Å². The van der Waals surface area contributed by atoms with Crippen molar-refractivity contribution >= 4 is 18.3 Å². The van der Waals surface area contributed by atoms with Crippen LogP contribution in [0.15, 0.2) is 11.6 Å². The molecule has 7 heteroatoms. The van der Waals surface area contributed by atoms with E-state index < -0.39 is 0 Å². The molecule has 0 radical (unpaired) electrons. The van der Waals surface area contributed by atoms with Crippen molar-refractivity contribution in [3.05, 3.63) is 11.6 Å². The number of carbonyl (C=O) groups excluding carboxylic acids is 1. The van der Waals surface area contributed by atoms with E-state index in [-0.39, 0.29) is 5.92 Å². The third-order valence-corrected chi connectivity index (χ3v) is 5.72. The molecule has 1 amide bonds. The Bertz CT molecular complexity index is 520. The first kappa shape index (κ1) is 21.7. The van der Waals surface area contributed by atoms with E-state index in [0.29, 0.717) is 25.2 Å². The van der Waals surface area contributed by atoms with Crippen LogP contribution in [0.3, 0.4) is 0 Å². The van der Waals surface area contributed by atoms with Crippen LogP contribution >= 0.6 is 0 Å². The molecule has 152 valence electrons. The van der Waals surface area contributed by atoms with Crippen LogP contribution in [-0.4, -0.2) is 92.2 Å². The molecule has 2 rings (SSSR count). The number of likely N-dealkylation sites (tertiary alicyclic amines) is 2. The van der Waals surface area contributed by atoms with Gasteiger partial charge in [-0.1, -0.05) is 0 Å². The number of rotatable bonds is 9. The number of carbonyl (C=O) groups is 1. The maximum absolute atomic E-state index is 12.9. The lowest BCUT2D eigenvalue weighted by atomic mass is 9.93. The van der Waals surface area contributed by atoms with Crippen molar-refractivity contribution in [1.29, 1.82) is 10.8 Å². The molecule has 7 nitrogen and oxygen atoms in total. The number of piperidine rings is 2. The molecule has 0 saturated carbocycles. The minimum Gasteiger partial charge on any atom is -0.366 e. The lowest BCUT2D eigenvalue weighted by molar-refractivity contribution is -0.138. The van der Waals surface area contributed by atoms with Crippen molar-refractivity contribution in [2.45, 2.75) is 38.6 Å². The number of nitrogens with zero attached hydrogens (tertiary/aromatic N) is 3. The van der Waals surface area contributed by atoms with Crippen LogP contribution in [0.2, 0.25) is 0 Å². The summed E-state index contributed by atoms with van der Waals surface area (Å²) in [6.07, 6.45) is 8.02. The Morgan fingerprint density at radius 2 is 1.81 bits per heavy atom. The van der Waals surface area contributed by atoms with Crippen molar-refractivity contribution in [1.82, 2.24) is 14.7 Å². The van der Waals surface area contributed by atoms with E-state index in [9.17, 15) is 4.79 Å². The summed E-state index contributed by atoms with van der Waals surface area (Å²) in [5, 5.41) is 14.6. The van der Waals surface area contributed by atoms with Gasteiger partial charge in [-0.3, -0.25) is 14.6 Å². The SMILES string of the molecule is CCOCN(C)C1CCN(C(=O)C2CCN(C/C(C=N)=C/C=N)CC2)CC1. The minimum absolute atomic E-state index is 0.133. The van der Waals surface area contributed by atoms with E-state index in [2.05, 4.69) is 21.7 Å². The average molecular weight is 378 g/mol. The molecule has 0 aliphatic carbocycles. The van der Waals surface area contributed by atoms with Gasteiger partial charge in [0.1, 0.15) is 0 Å². The molecule has 2 saturated heterocycles. The smallest absolute Gasteiger partial charge is 0.225 e. The summed E-state index contributed by atoms with van der Waals surface area (Å²) in [6, 6.07) is 0.502. The summed E-state index contributed by atoms with van der Waals surface area (Å²) in [5.74, 6) is 0.456. The van der Waals surface area contributed by atoms with Crippen LogP contribution in [0.25, 0.3) is 0 Å². The summed E-state index contributed by atoms with van der Waals surface area (Å²) < 4.78 is 5.49. The molecule has 0 aromatic heterocycles. The van der Waals surface area contributed by atoms with Crippen LogP contribution in [0.1, 0.15) is 32.6 Å². The fourth-order valence-corrected chi connectivity index (χ4v) is 3.98. The number of amides is 1. The lowest BCUT2D eigenvalue weighted by Crippen LogP contribution is -2.49. The molecule has 2 aliphatic rings. The van der Waals surface area contributed by atoms with Gasteiger partial charge in [0, 0.05) is 50.6 Å². The summed E-state index contributed by atoms with van der Waals surface area (Å²) in [5.41, 5.74) is 0.841. The highest BCUT2D eigenvalue weighted by Gasteiger charge is 2.31. The molecular formula is C20H35N5O2. The number of hydrogen-bond acceptors (Lipinski definition) is 6. The molecule has 0 aromatic rings. The first-order valence-corrected chi connectivity index (χ1v) is 10.1. The Labute approximate surface area is 163 Å². The van der Waals surface area contributed by atoms with Gasteiger partial charge in [0.25, 0.3) is 0 Å². The molecule has 0 atom stereocenters. The quantitative estimate of drug-likeness (QED) is 0.474. The number of hydrogen-bond donors (Lipinski definition) is 2. The number of allylic oxidation sites excluding steroid dienone is 1. The fourth-order valence-electron chi connectivity index (χ4n) is 3.98. The van der Waals surface area contributed by atoms with Gasteiger partial charge in [-0.25, -0.2) is 0 Å². The summed E-state index contributed by atoms with van der Waals surface area (Å²) in [4.78, 5) is 19.5. The molecular weight excluding hydrogens is 342 g/mol. The van der Waals surface area contributed by atoms with Gasteiger partial charge in [0.05, 0.1) is 6.73 Å². The number of nitrogens with one attached hydrogen (secondary N) is 2. The molecule has 2 heterocycles. The topological polar surface area (TPSA) is 83.7 Å². The maximum Gasteiger partial charge on any atom is 0.225 e. The van der Waals surface area contributed by atoms with E-state index >= 15 is 0 Å². The second-order valence-corrected chi connectivity index (χ2v) is 7.54. The van der Waals surface area contributed by atoms with Crippen molar-refractivity contribution in [2.24, 2.45) is 5.92 Å². The molecule has 0 aromatic carbocycles. The third-order valence-electron chi connectivity index (χ3n) is 5.72. The Morgan fingerprint density at radius 3 is 2.37 bits per heavy atom. The summed E-state index contributed by atoms with van der Waals surface area (Å²) in [7, 11) is 2.10. The Balaban J connectivity index is 1.74. The van der Waals surface area contributed by atoms with E-state index in [4.69, 9.17) is 15.6 Å². The van der Waals surface area contributed by atoms with Crippen LogP contribution < -0.4 is 0 Å². The Morgan fingerprint density at radius 1 is 1.15 bits per heavy atom. The minimum atomic E-state index is 0.133. The lowest BCUT2D eigenvalue weighted by Gasteiger charge is -2.39. The Hall–Kier alpha value is -1.57.